The summed E-state index contributed by atoms with van der Waals surface area (Å²) in [6.07, 6.45) is 0. The lowest BCUT2D eigenvalue weighted by molar-refractivity contribution is 0.327. The maximum Gasteiger partial charge on any atom is 0.215 e. The van der Waals surface area contributed by atoms with Crippen LogP contribution in [-0.2, 0) is 0 Å². The first-order chi connectivity index (χ1) is 4.83. The van der Waals surface area contributed by atoms with Crippen LogP contribution < -0.4 is 10.5 Å². The number of aromatic nitrogens is 1. The number of rotatable bonds is 2. The van der Waals surface area contributed by atoms with Gasteiger partial charge in [-0.3, -0.25) is 0 Å². The van der Waals surface area contributed by atoms with Crippen LogP contribution in [0.2, 0.25) is 0 Å². The second-order valence-corrected chi connectivity index (χ2v) is 1.83. The number of ether oxygens (including phenoxy) is 1. The highest BCUT2D eigenvalue weighted by atomic mass is 35.5. The van der Waals surface area contributed by atoms with Crippen LogP contribution in [-0.4, -0.2) is 11.6 Å². The molecule has 1 aromatic heterocycles. The first-order valence-corrected chi connectivity index (χ1v) is 3.18. The third kappa shape index (κ3) is 3.09. The molecular weight excluding hydrogens is 164 g/mol. The van der Waals surface area contributed by atoms with Crippen LogP contribution in [0, 0.1) is 0 Å². The van der Waals surface area contributed by atoms with Gasteiger partial charge in [-0.1, -0.05) is 6.07 Å². The minimum absolute atomic E-state index is 0. The van der Waals surface area contributed by atoms with E-state index in [2.05, 4.69) is 4.98 Å². The largest absolute Gasteiger partial charge is 0.478 e. The zero-order valence-electron chi connectivity index (χ0n) is 6.28. The summed E-state index contributed by atoms with van der Waals surface area (Å²) in [5, 5.41) is 0. The molecule has 0 unspecified atom stereocenters. The average molecular weight is 175 g/mol. The number of hydrogen-bond donors (Lipinski definition) is 1. The predicted molar refractivity (Wildman–Crippen MR) is 47.1 cm³/mol. The number of nitrogens with zero attached hydrogens (tertiary/aromatic N) is 1. The maximum absolute atomic E-state index is 5.40. The normalized spacial score (nSPS) is 8.45. The summed E-state index contributed by atoms with van der Waals surface area (Å²) >= 11 is 0. The van der Waals surface area contributed by atoms with Crippen molar-refractivity contribution in [3.8, 4) is 5.88 Å². The first kappa shape index (κ1) is 10.0. The van der Waals surface area contributed by atoms with E-state index in [1.807, 2.05) is 13.0 Å². The van der Waals surface area contributed by atoms with Crippen molar-refractivity contribution >= 4 is 18.2 Å². The van der Waals surface area contributed by atoms with Crippen molar-refractivity contribution in [1.29, 1.82) is 0 Å². The monoisotopic (exact) mass is 174 g/mol. The van der Waals surface area contributed by atoms with E-state index in [0.29, 0.717) is 18.3 Å². The SMILES string of the molecule is CCOc1cccc(N)n1.Cl. The van der Waals surface area contributed by atoms with Crippen molar-refractivity contribution in [2.75, 3.05) is 12.3 Å². The summed E-state index contributed by atoms with van der Waals surface area (Å²) in [6, 6.07) is 5.32. The van der Waals surface area contributed by atoms with E-state index in [4.69, 9.17) is 10.5 Å². The van der Waals surface area contributed by atoms with Crippen LogP contribution in [0.3, 0.4) is 0 Å². The minimum atomic E-state index is 0. The molecule has 0 fully saturated rings. The Morgan fingerprint density at radius 1 is 1.55 bits per heavy atom. The molecule has 4 heteroatoms. The van der Waals surface area contributed by atoms with Gasteiger partial charge in [0.25, 0.3) is 0 Å². The molecule has 1 rings (SSSR count). The van der Waals surface area contributed by atoms with Gasteiger partial charge in [-0.15, -0.1) is 12.4 Å². The zero-order valence-corrected chi connectivity index (χ0v) is 7.10. The van der Waals surface area contributed by atoms with Crippen LogP contribution in [0.1, 0.15) is 6.92 Å². The molecule has 0 amide bonds. The number of halogens is 1. The fourth-order valence-electron chi connectivity index (χ4n) is 0.659. The van der Waals surface area contributed by atoms with Crippen molar-refractivity contribution in [2.24, 2.45) is 0 Å². The molecule has 0 saturated carbocycles. The van der Waals surface area contributed by atoms with Crippen molar-refractivity contribution in [2.45, 2.75) is 6.92 Å². The summed E-state index contributed by atoms with van der Waals surface area (Å²) < 4.78 is 5.10. The van der Waals surface area contributed by atoms with Crippen LogP contribution >= 0.6 is 12.4 Å². The molecule has 62 valence electrons. The molecular formula is C7H11ClN2O. The first-order valence-electron chi connectivity index (χ1n) is 3.18. The molecule has 0 saturated heterocycles. The molecule has 0 radical (unpaired) electrons. The lowest BCUT2D eigenvalue weighted by atomic mass is 10.4. The molecule has 0 atom stereocenters. The smallest absolute Gasteiger partial charge is 0.215 e. The molecule has 0 aromatic carbocycles. The van der Waals surface area contributed by atoms with Gasteiger partial charge in [0.05, 0.1) is 6.61 Å². The van der Waals surface area contributed by atoms with E-state index in [1.54, 1.807) is 12.1 Å². The van der Waals surface area contributed by atoms with Crippen molar-refractivity contribution in [3.63, 3.8) is 0 Å². The summed E-state index contributed by atoms with van der Waals surface area (Å²) in [6.45, 7) is 2.53. The van der Waals surface area contributed by atoms with Gasteiger partial charge in [-0.2, -0.15) is 4.98 Å². The van der Waals surface area contributed by atoms with E-state index in [9.17, 15) is 0 Å². The standard InChI is InChI=1S/C7H10N2O.ClH/c1-2-10-7-5-3-4-6(8)9-7;/h3-5H,2H2,1H3,(H2,8,9);1H. The van der Waals surface area contributed by atoms with Gasteiger partial charge in [0.15, 0.2) is 0 Å². The molecule has 11 heavy (non-hydrogen) atoms. The number of hydrogen-bond acceptors (Lipinski definition) is 3. The van der Waals surface area contributed by atoms with Gasteiger partial charge in [0.1, 0.15) is 5.82 Å². The van der Waals surface area contributed by atoms with Gasteiger partial charge in [0, 0.05) is 6.07 Å². The van der Waals surface area contributed by atoms with Crippen molar-refractivity contribution < 1.29 is 4.74 Å². The number of nitrogen functional groups attached to an aromatic ring is 1. The molecule has 3 nitrogen and oxygen atoms in total. The van der Waals surface area contributed by atoms with Gasteiger partial charge in [-0.05, 0) is 13.0 Å². The summed E-state index contributed by atoms with van der Waals surface area (Å²) in [5.74, 6) is 1.08. The highest BCUT2D eigenvalue weighted by Crippen LogP contribution is 2.07. The Labute approximate surface area is 72.0 Å². The van der Waals surface area contributed by atoms with Crippen molar-refractivity contribution in [3.05, 3.63) is 18.2 Å². The average Bonchev–Trinajstić information content (AvgIpc) is 1.88. The Bertz CT molecular complexity index is 217. The van der Waals surface area contributed by atoms with Gasteiger partial charge >= 0.3 is 0 Å². The Balaban J connectivity index is 0.000001000. The molecule has 0 spiro atoms. The molecule has 1 aromatic rings. The summed E-state index contributed by atoms with van der Waals surface area (Å²) in [7, 11) is 0. The van der Waals surface area contributed by atoms with Crippen LogP contribution in [0.4, 0.5) is 5.82 Å². The predicted octanol–water partition coefficient (Wildman–Crippen LogP) is 1.48. The van der Waals surface area contributed by atoms with E-state index >= 15 is 0 Å². The number of nitrogens with two attached hydrogens (primary N) is 1. The van der Waals surface area contributed by atoms with Crippen LogP contribution in [0.25, 0.3) is 0 Å². The van der Waals surface area contributed by atoms with E-state index in [0.717, 1.165) is 0 Å². The third-order valence-electron chi connectivity index (χ3n) is 1.04. The van der Waals surface area contributed by atoms with E-state index < -0.39 is 0 Å². The Morgan fingerprint density at radius 2 is 2.27 bits per heavy atom. The fourth-order valence-corrected chi connectivity index (χ4v) is 0.659. The van der Waals surface area contributed by atoms with Gasteiger partial charge < -0.3 is 10.5 Å². The molecule has 2 N–H and O–H groups in total. The quantitative estimate of drug-likeness (QED) is 0.739. The lowest BCUT2D eigenvalue weighted by Gasteiger charge is -2.00. The van der Waals surface area contributed by atoms with Gasteiger partial charge in [-0.25, -0.2) is 0 Å². The Hall–Kier alpha value is -0.960. The van der Waals surface area contributed by atoms with Crippen LogP contribution in [0.15, 0.2) is 18.2 Å². The molecule has 0 aliphatic rings. The number of anilines is 1. The molecule has 0 bridgehead atoms. The number of pyridine rings is 1. The Morgan fingerprint density at radius 3 is 2.82 bits per heavy atom. The highest BCUT2D eigenvalue weighted by Gasteiger charge is 1.91. The van der Waals surface area contributed by atoms with Crippen LogP contribution in [0.5, 0.6) is 5.88 Å². The maximum atomic E-state index is 5.40. The summed E-state index contributed by atoms with van der Waals surface area (Å²) in [4.78, 5) is 3.92. The lowest BCUT2D eigenvalue weighted by Crippen LogP contribution is -1.96. The minimum Gasteiger partial charge on any atom is -0.478 e. The van der Waals surface area contributed by atoms with E-state index in [1.165, 1.54) is 0 Å². The van der Waals surface area contributed by atoms with E-state index in [-0.39, 0.29) is 12.4 Å². The van der Waals surface area contributed by atoms with Gasteiger partial charge in [0.2, 0.25) is 5.88 Å². The zero-order chi connectivity index (χ0) is 7.40. The topological polar surface area (TPSA) is 48.1 Å². The fraction of sp³-hybridized carbons (Fsp3) is 0.286. The Kier molecular flexibility index (Phi) is 4.38. The molecule has 0 aliphatic heterocycles. The molecule has 1 heterocycles. The summed E-state index contributed by atoms with van der Waals surface area (Å²) in [5.41, 5.74) is 5.40. The third-order valence-corrected chi connectivity index (χ3v) is 1.04. The second-order valence-electron chi connectivity index (χ2n) is 1.83. The van der Waals surface area contributed by atoms with Crippen molar-refractivity contribution in [1.82, 2.24) is 4.98 Å². The highest BCUT2D eigenvalue weighted by molar-refractivity contribution is 5.85. The molecule has 0 aliphatic carbocycles. The second kappa shape index (κ2) is 4.79.